The van der Waals surface area contributed by atoms with E-state index >= 15 is 0 Å². The number of oxime groups is 1. The second-order valence-electron chi connectivity index (χ2n) is 3.89. The molecule has 0 saturated carbocycles. The molecule has 1 aromatic carbocycles. The minimum absolute atomic E-state index is 0.533. The normalized spacial score (nSPS) is 12.0. The van der Waals surface area contributed by atoms with Gasteiger partial charge < -0.3 is 4.84 Å². The van der Waals surface area contributed by atoms with Gasteiger partial charge in [-0.2, -0.15) is 13.2 Å². The van der Waals surface area contributed by atoms with E-state index < -0.39 is 11.7 Å². The van der Waals surface area contributed by atoms with Crippen LogP contribution in [0.3, 0.4) is 0 Å². The van der Waals surface area contributed by atoms with Gasteiger partial charge in [-0.05, 0) is 24.1 Å². The highest BCUT2D eigenvalue weighted by molar-refractivity contribution is 5.79. The van der Waals surface area contributed by atoms with E-state index in [9.17, 15) is 13.2 Å². The van der Waals surface area contributed by atoms with Gasteiger partial charge in [-0.3, -0.25) is 0 Å². The number of benzene rings is 1. The number of hydrogen-bond acceptors (Lipinski definition) is 2. The molecule has 2 nitrogen and oxygen atoms in total. The fourth-order valence-corrected chi connectivity index (χ4v) is 1.33. The van der Waals surface area contributed by atoms with Crippen LogP contribution in [0.4, 0.5) is 13.2 Å². The van der Waals surface area contributed by atoms with Crippen molar-refractivity contribution in [2.45, 2.75) is 32.4 Å². The SMILES string of the molecule is CCCCCON=Cc1ccc(C(F)(F)F)cc1. The van der Waals surface area contributed by atoms with E-state index in [4.69, 9.17) is 4.84 Å². The van der Waals surface area contributed by atoms with Crippen LogP contribution in [0, 0.1) is 0 Å². The molecule has 0 aliphatic rings. The molecule has 0 unspecified atom stereocenters. The summed E-state index contributed by atoms with van der Waals surface area (Å²) in [5.74, 6) is 0. The summed E-state index contributed by atoms with van der Waals surface area (Å²) in [4.78, 5) is 4.98. The van der Waals surface area contributed by atoms with Crippen molar-refractivity contribution in [3.8, 4) is 0 Å². The van der Waals surface area contributed by atoms with Gasteiger partial charge in [0.25, 0.3) is 0 Å². The maximum absolute atomic E-state index is 12.3. The smallest absolute Gasteiger partial charge is 0.396 e. The monoisotopic (exact) mass is 259 g/mol. The highest BCUT2D eigenvalue weighted by Crippen LogP contribution is 2.28. The first-order valence-electron chi connectivity index (χ1n) is 5.86. The largest absolute Gasteiger partial charge is 0.416 e. The molecule has 0 aliphatic heterocycles. The molecule has 0 radical (unpaired) electrons. The van der Waals surface area contributed by atoms with Crippen molar-refractivity contribution in [3.05, 3.63) is 35.4 Å². The summed E-state index contributed by atoms with van der Waals surface area (Å²) in [5.41, 5.74) is -0.0815. The third-order valence-electron chi connectivity index (χ3n) is 2.35. The number of nitrogens with zero attached hydrogens (tertiary/aromatic N) is 1. The van der Waals surface area contributed by atoms with Crippen LogP contribution < -0.4 is 0 Å². The van der Waals surface area contributed by atoms with Crippen LogP contribution in [0.5, 0.6) is 0 Å². The number of rotatable bonds is 6. The minimum atomic E-state index is -4.30. The summed E-state index contributed by atoms with van der Waals surface area (Å²) >= 11 is 0. The molecule has 0 saturated heterocycles. The second-order valence-corrected chi connectivity index (χ2v) is 3.89. The zero-order chi connectivity index (χ0) is 13.4. The first-order chi connectivity index (χ1) is 8.54. The van der Waals surface area contributed by atoms with E-state index in [1.165, 1.54) is 18.3 Å². The number of unbranched alkanes of at least 4 members (excludes halogenated alkanes) is 2. The van der Waals surface area contributed by atoms with Crippen molar-refractivity contribution < 1.29 is 18.0 Å². The summed E-state index contributed by atoms with van der Waals surface area (Å²) < 4.78 is 36.9. The van der Waals surface area contributed by atoms with Crippen LogP contribution in [-0.4, -0.2) is 12.8 Å². The van der Waals surface area contributed by atoms with E-state index in [-0.39, 0.29) is 0 Å². The summed E-state index contributed by atoms with van der Waals surface area (Å²) in [6, 6.07) is 4.78. The molecular weight excluding hydrogens is 243 g/mol. The van der Waals surface area contributed by atoms with Gasteiger partial charge in [-0.1, -0.05) is 37.1 Å². The summed E-state index contributed by atoms with van der Waals surface area (Å²) in [6.45, 7) is 2.62. The fraction of sp³-hybridized carbons (Fsp3) is 0.462. The van der Waals surface area contributed by atoms with Crippen molar-refractivity contribution in [2.24, 2.45) is 5.16 Å². The maximum Gasteiger partial charge on any atom is 0.416 e. The Labute approximate surface area is 104 Å². The van der Waals surface area contributed by atoms with Crippen molar-refractivity contribution in [1.82, 2.24) is 0 Å². The van der Waals surface area contributed by atoms with Gasteiger partial charge in [0.15, 0.2) is 0 Å². The third-order valence-corrected chi connectivity index (χ3v) is 2.35. The molecule has 0 bridgehead atoms. The molecule has 0 amide bonds. The highest BCUT2D eigenvalue weighted by Gasteiger charge is 2.29. The van der Waals surface area contributed by atoms with Crippen LogP contribution in [-0.2, 0) is 11.0 Å². The lowest BCUT2D eigenvalue weighted by Crippen LogP contribution is -2.04. The van der Waals surface area contributed by atoms with Crippen LogP contribution in [0.2, 0.25) is 0 Å². The van der Waals surface area contributed by atoms with E-state index in [1.807, 2.05) is 0 Å². The fourth-order valence-electron chi connectivity index (χ4n) is 1.33. The van der Waals surface area contributed by atoms with Gasteiger partial charge >= 0.3 is 6.18 Å². The van der Waals surface area contributed by atoms with Crippen LogP contribution in [0.15, 0.2) is 29.4 Å². The van der Waals surface area contributed by atoms with Gasteiger partial charge in [0.1, 0.15) is 6.61 Å². The summed E-state index contributed by atoms with van der Waals surface area (Å²) in [7, 11) is 0. The molecule has 0 aliphatic carbocycles. The van der Waals surface area contributed by atoms with Gasteiger partial charge in [0.05, 0.1) is 11.8 Å². The highest BCUT2D eigenvalue weighted by atomic mass is 19.4. The Kier molecular flexibility index (Phi) is 5.68. The Morgan fingerprint density at radius 2 is 1.83 bits per heavy atom. The van der Waals surface area contributed by atoms with Crippen LogP contribution in [0.1, 0.15) is 37.3 Å². The van der Waals surface area contributed by atoms with Crippen LogP contribution >= 0.6 is 0 Å². The van der Waals surface area contributed by atoms with Crippen molar-refractivity contribution in [1.29, 1.82) is 0 Å². The molecule has 1 aromatic rings. The molecule has 0 fully saturated rings. The molecule has 100 valence electrons. The van der Waals surface area contributed by atoms with Gasteiger partial charge in [0.2, 0.25) is 0 Å². The van der Waals surface area contributed by atoms with E-state index in [0.717, 1.165) is 31.4 Å². The number of halogens is 3. The zero-order valence-electron chi connectivity index (χ0n) is 10.2. The molecule has 18 heavy (non-hydrogen) atoms. The number of alkyl halides is 3. The molecular formula is C13H16F3NO. The maximum atomic E-state index is 12.3. The Morgan fingerprint density at radius 1 is 1.17 bits per heavy atom. The molecule has 0 spiro atoms. The zero-order valence-corrected chi connectivity index (χ0v) is 10.2. The lowest BCUT2D eigenvalue weighted by molar-refractivity contribution is -0.137. The molecule has 0 N–H and O–H groups in total. The van der Waals surface area contributed by atoms with Crippen LogP contribution in [0.25, 0.3) is 0 Å². The quantitative estimate of drug-likeness (QED) is 0.425. The van der Waals surface area contributed by atoms with E-state index in [0.29, 0.717) is 12.2 Å². The van der Waals surface area contributed by atoms with Crippen molar-refractivity contribution >= 4 is 6.21 Å². The molecule has 0 atom stereocenters. The Bertz CT molecular complexity index is 371. The van der Waals surface area contributed by atoms with Crippen molar-refractivity contribution in [3.63, 3.8) is 0 Å². The van der Waals surface area contributed by atoms with E-state index in [1.54, 1.807) is 0 Å². The lowest BCUT2D eigenvalue weighted by atomic mass is 10.1. The second kappa shape index (κ2) is 7.03. The molecule has 1 rings (SSSR count). The van der Waals surface area contributed by atoms with Gasteiger partial charge in [-0.25, -0.2) is 0 Å². The predicted molar refractivity (Wildman–Crippen MR) is 64.5 cm³/mol. The lowest BCUT2D eigenvalue weighted by Gasteiger charge is -2.05. The molecule has 0 aromatic heterocycles. The first-order valence-corrected chi connectivity index (χ1v) is 5.86. The van der Waals surface area contributed by atoms with Crippen molar-refractivity contribution in [2.75, 3.05) is 6.61 Å². The topological polar surface area (TPSA) is 21.6 Å². The minimum Gasteiger partial charge on any atom is -0.396 e. The Balaban J connectivity index is 2.41. The Morgan fingerprint density at radius 3 is 2.39 bits per heavy atom. The predicted octanol–water partition coefficient (Wildman–Crippen LogP) is 4.25. The Hall–Kier alpha value is -1.52. The molecule has 5 heteroatoms. The number of hydrogen-bond donors (Lipinski definition) is 0. The summed E-state index contributed by atoms with van der Waals surface area (Å²) in [5, 5.41) is 3.70. The first kappa shape index (κ1) is 14.5. The molecule has 0 heterocycles. The average molecular weight is 259 g/mol. The summed E-state index contributed by atoms with van der Waals surface area (Å²) in [6.07, 6.45) is 0.223. The van der Waals surface area contributed by atoms with E-state index in [2.05, 4.69) is 12.1 Å². The van der Waals surface area contributed by atoms with Gasteiger partial charge in [0, 0.05) is 0 Å². The standard InChI is InChI=1S/C13H16F3NO/c1-2-3-4-9-18-17-10-11-5-7-12(8-6-11)13(14,15)16/h5-8,10H,2-4,9H2,1H3. The third kappa shape index (κ3) is 5.21. The van der Waals surface area contributed by atoms with Gasteiger partial charge in [-0.15, -0.1) is 0 Å². The average Bonchev–Trinajstić information content (AvgIpc) is 2.33.